The van der Waals surface area contributed by atoms with Gasteiger partial charge in [-0.05, 0) is 20.8 Å². The van der Waals surface area contributed by atoms with E-state index in [9.17, 15) is 18.0 Å². The summed E-state index contributed by atoms with van der Waals surface area (Å²) in [5, 5.41) is 10.4. The van der Waals surface area contributed by atoms with E-state index < -0.39 is 23.8 Å². The number of nitrogens with one attached hydrogen (secondary N) is 1. The van der Waals surface area contributed by atoms with Crippen molar-refractivity contribution in [1.29, 1.82) is 0 Å². The second-order valence-corrected chi connectivity index (χ2v) is 5.73. The number of hydrogen-bond donors (Lipinski definition) is 3. The molecule has 10 heteroatoms. The van der Waals surface area contributed by atoms with Crippen molar-refractivity contribution in [3.63, 3.8) is 0 Å². The van der Waals surface area contributed by atoms with Gasteiger partial charge in [0.25, 0.3) is 0 Å². The molecular formula is C13H24F3N3O4. The van der Waals surface area contributed by atoms with Crippen LogP contribution in [0.15, 0.2) is 0 Å². The van der Waals surface area contributed by atoms with Crippen molar-refractivity contribution in [2.75, 3.05) is 26.7 Å². The van der Waals surface area contributed by atoms with Crippen molar-refractivity contribution >= 4 is 11.9 Å². The number of carboxylic acids is 1. The molecule has 1 saturated heterocycles. The van der Waals surface area contributed by atoms with E-state index in [4.69, 9.17) is 20.4 Å². The number of carboxylic acid groups (broad SMARTS) is 1. The van der Waals surface area contributed by atoms with Crippen LogP contribution < -0.4 is 11.1 Å². The van der Waals surface area contributed by atoms with E-state index in [2.05, 4.69) is 12.2 Å². The predicted molar refractivity (Wildman–Crippen MR) is 76.8 cm³/mol. The molecule has 4 N–H and O–H groups in total. The van der Waals surface area contributed by atoms with Crippen molar-refractivity contribution in [3.8, 4) is 0 Å². The molecule has 136 valence electrons. The van der Waals surface area contributed by atoms with Gasteiger partial charge in [-0.3, -0.25) is 4.79 Å². The van der Waals surface area contributed by atoms with Crippen molar-refractivity contribution in [3.05, 3.63) is 0 Å². The molecule has 7 nitrogen and oxygen atoms in total. The Balaban J connectivity index is 0.000000585. The van der Waals surface area contributed by atoms with Crippen LogP contribution in [0.3, 0.4) is 0 Å². The number of nitrogens with zero attached hydrogens (tertiary/aromatic N) is 1. The molecule has 0 radical (unpaired) electrons. The average molecular weight is 343 g/mol. The lowest BCUT2D eigenvalue weighted by Crippen LogP contribution is -2.60. The maximum atomic E-state index is 12.1. The summed E-state index contributed by atoms with van der Waals surface area (Å²) in [5.74, 6) is -2.78. The van der Waals surface area contributed by atoms with E-state index >= 15 is 0 Å². The highest BCUT2D eigenvalue weighted by atomic mass is 19.4. The zero-order valence-corrected chi connectivity index (χ0v) is 13.6. The Labute approximate surface area is 132 Å². The van der Waals surface area contributed by atoms with Gasteiger partial charge < -0.3 is 25.8 Å². The molecule has 0 aromatic heterocycles. The van der Waals surface area contributed by atoms with Crippen molar-refractivity contribution in [2.45, 2.75) is 44.6 Å². The second-order valence-electron chi connectivity index (χ2n) is 5.73. The molecule has 2 unspecified atom stereocenters. The first-order chi connectivity index (χ1) is 10.3. The number of methoxy groups -OCH3 is 1. The van der Waals surface area contributed by atoms with Gasteiger partial charge in [0.2, 0.25) is 5.91 Å². The Morgan fingerprint density at radius 1 is 1.39 bits per heavy atom. The minimum atomic E-state index is -5.08. The fourth-order valence-electron chi connectivity index (χ4n) is 1.75. The van der Waals surface area contributed by atoms with Gasteiger partial charge >= 0.3 is 12.1 Å². The van der Waals surface area contributed by atoms with Gasteiger partial charge in [-0.2, -0.15) is 13.2 Å². The third-order valence-corrected chi connectivity index (χ3v) is 3.46. The zero-order chi connectivity index (χ0) is 18.4. The van der Waals surface area contributed by atoms with Gasteiger partial charge in [-0.15, -0.1) is 0 Å². The van der Waals surface area contributed by atoms with E-state index in [0.717, 1.165) is 13.1 Å². The van der Waals surface area contributed by atoms with Crippen LogP contribution in [-0.4, -0.2) is 72.5 Å². The third-order valence-electron chi connectivity index (χ3n) is 3.46. The summed E-state index contributed by atoms with van der Waals surface area (Å²) < 4.78 is 37.0. The monoisotopic (exact) mass is 343 g/mol. The molecule has 0 aliphatic carbocycles. The second kappa shape index (κ2) is 8.46. The molecule has 2 atom stereocenters. The topological polar surface area (TPSA) is 105 Å². The minimum Gasteiger partial charge on any atom is -0.475 e. The van der Waals surface area contributed by atoms with Crippen LogP contribution in [-0.2, 0) is 14.3 Å². The number of carbonyl (C=O) groups excluding carboxylic acids is 1. The lowest BCUT2D eigenvalue weighted by Gasteiger charge is -2.37. The van der Waals surface area contributed by atoms with Gasteiger partial charge in [0.1, 0.15) is 6.04 Å². The summed E-state index contributed by atoms with van der Waals surface area (Å²) in [7, 11) is 1.58. The van der Waals surface area contributed by atoms with Gasteiger partial charge in [0.05, 0.1) is 5.60 Å². The Morgan fingerprint density at radius 2 is 1.87 bits per heavy atom. The summed E-state index contributed by atoms with van der Waals surface area (Å²) in [6, 6.07) is -0.279. The molecule has 1 aliphatic heterocycles. The summed E-state index contributed by atoms with van der Waals surface area (Å²) in [6.07, 6.45) is -5.08. The number of alkyl halides is 3. The van der Waals surface area contributed by atoms with Crippen LogP contribution in [0, 0.1) is 0 Å². The summed E-state index contributed by atoms with van der Waals surface area (Å²) in [6.45, 7) is 7.99. The number of aliphatic carboxylic acids is 1. The largest absolute Gasteiger partial charge is 0.490 e. The smallest absolute Gasteiger partial charge is 0.475 e. The van der Waals surface area contributed by atoms with E-state index in [0.29, 0.717) is 12.6 Å². The average Bonchev–Trinajstić information content (AvgIpc) is 2.45. The number of piperazine rings is 1. The SMILES string of the molecule is COC(C)(C)C(N)C(=O)N1CCNC(C)C1.O=C(O)C(F)(F)F. The summed E-state index contributed by atoms with van der Waals surface area (Å²) >= 11 is 0. The first-order valence-corrected chi connectivity index (χ1v) is 6.96. The molecule has 0 saturated carbocycles. The van der Waals surface area contributed by atoms with E-state index in [1.807, 2.05) is 18.7 Å². The highest BCUT2D eigenvalue weighted by Crippen LogP contribution is 2.15. The van der Waals surface area contributed by atoms with Gasteiger partial charge in [0, 0.05) is 32.8 Å². The molecular weight excluding hydrogens is 319 g/mol. The van der Waals surface area contributed by atoms with Crippen LogP contribution in [0.1, 0.15) is 20.8 Å². The molecule has 1 aliphatic rings. The third kappa shape index (κ3) is 7.14. The summed E-state index contributed by atoms with van der Waals surface area (Å²) in [4.78, 5) is 22.9. The van der Waals surface area contributed by atoms with E-state index in [1.165, 1.54) is 0 Å². The van der Waals surface area contributed by atoms with Gasteiger partial charge in [-0.1, -0.05) is 0 Å². The van der Waals surface area contributed by atoms with Crippen LogP contribution in [0.2, 0.25) is 0 Å². The number of halogens is 3. The van der Waals surface area contributed by atoms with Gasteiger partial charge in [-0.25, -0.2) is 4.79 Å². The van der Waals surface area contributed by atoms with E-state index in [1.54, 1.807) is 7.11 Å². The Bertz CT molecular complexity index is 416. The maximum absolute atomic E-state index is 12.1. The van der Waals surface area contributed by atoms with Crippen molar-refractivity contribution in [1.82, 2.24) is 10.2 Å². The minimum absolute atomic E-state index is 0.0276. The fourth-order valence-corrected chi connectivity index (χ4v) is 1.75. The highest BCUT2D eigenvalue weighted by Gasteiger charge is 2.38. The van der Waals surface area contributed by atoms with Crippen LogP contribution in [0.5, 0.6) is 0 Å². The normalized spacial score (nSPS) is 20.3. The standard InChI is InChI=1S/C11H23N3O2.C2HF3O2/c1-8-7-14(6-5-13-8)10(15)9(12)11(2,3)16-4;3-2(4,5)1(6)7/h8-9,13H,5-7,12H2,1-4H3;(H,6,7). The predicted octanol–water partition coefficient (Wildman–Crippen LogP) is 0.192. The fraction of sp³-hybridized carbons (Fsp3) is 0.846. The van der Waals surface area contributed by atoms with Crippen LogP contribution in [0.25, 0.3) is 0 Å². The molecule has 1 fully saturated rings. The molecule has 0 aromatic rings. The molecule has 23 heavy (non-hydrogen) atoms. The zero-order valence-electron chi connectivity index (χ0n) is 13.6. The highest BCUT2D eigenvalue weighted by molar-refractivity contribution is 5.83. The maximum Gasteiger partial charge on any atom is 0.490 e. The van der Waals surface area contributed by atoms with Crippen molar-refractivity contribution < 1.29 is 32.6 Å². The molecule has 1 amide bonds. The van der Waals surface area contributed by atoms with Crippen LogP contribution in [0.4, 0.5) is 13.2 Å². The molecule has 0 spiro atoms. The molecule has 1 rings (SSSR count). The summed E-state index contributed by atoms with van der Waals surface area (Å²) in [5.41, 5.74) is 5.33. The van der Waals surface area contributed by atoms with Gasteiger partial charge in [0.15, 0.2) is 0 Å². The first kappa shape index (κ1) is 21.6. The Morgan fingerprint density at radius 3 is 2.22 bits per heavy atom. The number of hydrogen-bond acceptors (Lipinski definition) is 5. The van der Waals surface area contributed by atoms with E-state index in [-0.39, 0.29) is 5.91 Å². The first-order valence-electron chi connectivity index (χ1n) is 6.96. The number of amides is 1. The van der Waals surface area contributed by atoms with Crippen molar-refractivity contribution in [2.24, 2.45) is 5.73 Å². The quantitative estimate of drug-likeness (QED) is 0.676. The number of nitrogens with two attached hydrogens (primary N) is 1. The lowest BCUT2D eigenvalue weighted by atomic mass is 9.97. The lowest BCUT2D eigenvalue weighted by molar-refractivity contribution is -0.192. The molecule has 0 aromatic carbocycles. The van der Waals surface area contributed by atoms with Crippen LogP contribution >= 0.6 is 0 Å². The number of rotatable bonds is 3. The Kier molecular flexibility index (Phi) is 7.95. The molecule has 0 bridgehead atoms. The molecule has 1 heterocycles. The number of carbonyl (C=O) groups is 2. The number of ether oxygens (including phenoxy) is 1. The Hall–Kier alpha value is -1.39.